The highest BCUT2D eigenvalue weighted by atomic mass is 19.2. The van der Waals surface area contributed by atoms with Gasteiger partial charge >= 0.3 is 0 Å². The van der Waals surface area contributed by atoms with E-state index in [-0.39, 0.29) is 6.04 Å². The monoisotopic (exact) mass is 233 g/mol. The van der Waals surface area contributed by atoms with Crippen molar-refractivity contribution in [2.45, 2.75) is 13.0 Å². The molecule has 1 rings (SSSR count). The van der Waals surface area contributed by atoms with Crippen molar-refractivity contribution in [1.82, 2.24) is 5.32 Å². The molecule has 1 atom stereocenters. The minimum absolute atomic E-state index is 0.264. The summed E-state index contributed by atoms with van der Waals surface area (Å²) in [6.07, 6.45) is 0. The molecule has 0 saturated carbocycles. The van der Waals surface area contributed by atoms with E-state index in [0.717, 1.165) is 12.1 Å². The second-order valence-electron chi connectivity index (χ2n) is 3.47. The Hall–Kier alpha value is -1.07. The van der Waals surface area contributed by atoms with Crippen LogP contribution in [0, 0.1) is 17.5 Å². The molecule has 0 saturated heterocycles. The number of ether oxygens (including phenoxy) is 1. The van der Waals surface area contributed by atoms with E-state index in [1.165, 1.54) is 0 Å². The summed E-state index contributed by atoms with van der Waals surface area (Å²) >= 11 is 0. The summed E-state index contributed by atoms with van der Waals surface area (Å²) < 4.78 is 43.4. The molecule has 0 spiro atoms. The van der Waals surface area contributed by atoms with E-state index in [1.54, 1.807) is 14.0 Å². The van der Waals surface area contributed by atoms with Crippen LogP contribution in [-0.4, -0.2) is 20.3 Å². The van der Waals surface area contributed by atoms with Crippen molar-refractivity contribution in [2.75, 3.05) is 20.3 Å². The van der Waals surface area contributed by atoms with Crippen LogP contribution in [-0.2, 0) is 4.74 Å². The van der Waals surface area contributed by atoms with Gasteiger partial charge in [-0.2, -0.15) is 0 Å². The summed E-state index contributed by atoms with van der Waals surface area (Å²) in [6, 6.07) is 1.71. The molecule has 16 heavy (non-hydrogen) atoms. The zero-order chi connectivity index (χ0) is 12.1. The molecule has 0 fully saturated rings. The number of methoxy groups -OCH3 is 1. The molecule has 0 aromatic heterocycles. The van der Waals surface area contributed by atoms with Gasteiger partial charge in [0.1, 0.15) is 0 Å². The first-order chi connectivity index (χ1) is 7.56. The van der Waals surface area contributed by atoms with E-state index < -0.39 is 17.5 Å². The minimum atomic E-state index is -1.44. The van der Waals surface area contributed by atoms with Gasteiger partial charge in [-0.05, 0) is 24.6 Å². The Kier molecular flexibility index (Phi) is 4.76. The van der Waals surface area contributed by atoms with Gasteiger partial charge in [-0.25, -0.2) is 13.2 Å². The lowest BCUT2D eigenvalue weighted by molar-refractivity contribution is 0.196. The molecule has 5 heteroatoms. The number of rotatable bonds is 5. The second-order valence-corrected chi connectivity index (χ2v) is 3.47. The van der Waals surface area contributed by atoms with E-state index in [1.807, 2.05) is 0 Å². The van der Waals surface area contributed by atoms with Crippen LogP contribution in [0.3, 0.4) is 0 Å². The average molecular weight is 233 g/mol. The highest BCUT2D eigenvalue weighted by Gasteiger charge is 2.13. The van der Waals surface area contributed by atoms with Crippen molar-refractivity contribution in [1.29, 1.82) is 0 Å². The Morgan fingerprint density at radius 1 is 1.25 bits per heavy atom. The molecule has 0 aliphatic carbocycles. The van der Waals surface area contributed by atoms with Gasteiger partial charge in [-0.1, -0.05) is 0 Å². The first kappa shape index (κ1) is 13.0. The third kappa shape index (κ3) is 3.21. The Morgan fingerprint density at radius 2 is 1.81 bits per heavy atom. The molecule has 0 heterocycles. The lowest BCUT2D eigenvalue weighted by Gasteiger charge is -2.14. The fraction of sp³-hybridized carbons (Fsp3) is 0.455. The number of hydrogen-bond donors (Lipinski definition) is 1. The third-order valence-electron chi connectivity index (χ3n) is 2.26. The smallest absolute Gasteiger partial charge is 0.194 e. The van der Waals surface area contributed by atoms with Gasteiger partial charge in [-0.3, -0.25) is 0 Å². The molecule has 1 aromatic rings. The molecule has 1 aromatic carbocycles. The summed E-state index contributed by atoms with van der Waals surface area (Å²) in [4.78, 5) is 0. The maximum atomic E-state index is 12.9. The molecule has 0 aliphatic heterocycles. The van der Waals surface area contributed by atoms with Crippen molar-refractivity contribution in [3.05, 3.63) is 35.1 Å². The maximum Gasteiger partial charge on any atom is 0.194 e. The lowest BCUT2D eigenvalue weighted by atomic mass is 10.1. The lowest BCUT2D eigenvalue weighted by Crippen LogP contribution is -2.23. The highest BCUT2D eigenvalue weighted by molar-refractivity contribution is 5.22. The Labute approximate surface area is 92.4 Å². The van der Waals surface area contributed by atoms with E-state index >= 15 is 0 Å². The van der Waals surface area contributed by atoms with Gasteiger partial charge in [0.05, 0.1) is 6.61 Å². The van der Waals surface area contributed by atoms with Crippen molar-refractivity contribution in [3.63, 3.8) is 0 Å². The molecule has 1 unspecified atom stereocenters. The topological polar surface area (TPSA) is 21.3 Å². The molecule has 0 amide bonds. The highest BCUT2D eigenvalue weighted by Crippen LogP contribution is 2.18. The zero-order valence-corrected chi connectivity index (χ0v) is 9.19. The number of hydrogen-bond acceptors (Lipinski definition) is 2. The number of halogens is 3. The van der Waals surface area contributed by atoms with Crippen molar-refractivity contribution >= 4 is 0 Å². The van der Waals surface area contributed by atoms with E-state index in [9.17, 15) is 13.2 Å². The van der Waals surface area contributed by atoms with Crippen molar-refractivity contribution in [2.24, 2.45) is 0 Å². The molecular formula is C11H14F3NO. The third-order valence-corrected chi connectivity index (χ3v) is 2.26. The van der Waals surface area contributed by atoms with Crippen LogP contribution in [0.25, 0.3) is 0 Å². The van der Waals surface area contributed by atoms with Crippen molar-refractivity contribution in [3.8, 4) is 0 Å². The molecule has 0 radical (unpaired) electrons. The van der Waals surface area contributed by atoms with E-state index in [0.29, 0.717) is 18.7 Å². The van der Waals surface area contributed by atoms with Crippen LogP contribution in [0.1, 0.15) is 18.5 Å². The molecule has 90 valence electrons. The predicted octanol–water partition coefficient (Wildman–Crippen LogP) is 2.40. The molecule has 2 nitrogen and oxygen atoms in total. The van der Waals surface area contributed by atoms with Crippen LogP contribution in [0.2, 0.25) is 0 Å². The standard InChI is InChI=1S/C11H14F3NO/c1-7(15-3-4-16-2)8-5-9(12)11(14)10(13)6-8/h5-7,15H,3-4H2,1-2H3. The quantitative estimate of drug-likeness (QED) is 0.623. The minimum Gasteiger partial charge on any atom is -0.383 e. The predicted molar refractivity (Wildman–Crippen MR) is 54.6 cm³/mol. The van der Waals surface area contributed by atoms with Crippen LogP contribution < -0.4 is 5.32 Å². The van der Waals surface area contributed by atoms with Crippen LogP contribution in [0.5, 0.6) is 0 Å². The van der Waals surface area contributed by atoms with Gasteiger partial charge < -0.3 is 10.1 Å². The SMILES string of the molecule is COCCNC(C)c1cc(F)c(F)c(F)c1. The molecule has 0 bridgehead atoms. The summed E-state index contributed by atoms with van der Waals surface area (Å²) in [7, 11) is 1.56. The summed E-state index contributed by atoms with van der Waals surface area (Å²) in [5, 5.41) is 2.99. The maximum absolute atomic E-state index is 12.9. The van der Waals surface area contributed by atoms with Crippen LogP contribution >= 0.6 is 0 Å². The summed E-state index contributed by atoms with van der Waals surface area (Å²) in [5.74, 6) is -3.78. The normalized spacial score (nSPS) is 12.8. The van der Waals surface area contributed by atoms with Gasteiger partial charge in [0.2, 0.25) is 0 Å². The second kappa shape index (κ2) is 5.86. The zero-order valence-electron chi connectivity index (χ0n) is 9.19. The van der Waals surface area contributed by atoms with Crippen LogP contribution in [0.15, 0.2) is 12.1 Å². The van der Waals surface area contributed by atoms with Crippen molar-refractivity contribution < 1.29 is 17.9 Å². The van der Waals surface area contributed by atoms with E-state index in [2.05, 4.69) is 5.32 Å². The number of benzene rings is 1. The average Bonchev–Trinajstić information content (AvgIpc) is 2.25. The fourth-order valence-corrected chi connectivity index (χ4v) is 1.32. The van der Waals surface area contributed by atoms with Gasteiger partial charge in [0.15, 0.2) is 17.5 Å². The molecular weight excluding hydrogens is 219 g/mol. The Bertz CT molecular complexity index is 334. The summed E-state index contributed by atoms with van der Waals surface area (Å²) in [6.45, 7) is 2.79. The first-order valence-corrected chi connectivity index (χ1v) is 4.93. The summed E-state index contributed by atoms with van der Waals surface area (Å²) in [5.41, 5.74) is 0.368. The van der Waals surface area contributed by atoms with E-state index in [4.69, 9.17) is 4.74 Å². The van der Waals surface area contributed by atoms with Gasteiger partial charge in [-0.15, -0.1) is 0 Å². The first-order valence-electron chi connectivity index (χ1n) is 4.93. The largest absolute Gasteiger partial charge is 0.383 e. The molecule has 1 N–H and O–H groups in total. The van der Waals surface area contributed by atoms with Gasteiger partial charge in [0, 0.05) is 19.7 Å². The fourth-order valence-electron chi connectivity index (χ4n) is 1.32. The van der Waals surface area contributed by atoms with Crippen LogP contribution in [0.4, 0.5) is 13.2 Å². The van der Waals surface area contributed by atoms with Gasteiger partial charge in [0.25, 0.3) is 0 Å². The molecule has 0 aliphatic rings. The number of nitrogens with one attached hydrogen (secondary N) is 1. The Morgan fingerprint density at radius 3 is 2.31 bits per heavy atom. The Balaban J connectivity index is 2.72.